The fourth-order valence-electron chi connectivity index (χ4n) is 9.19. The second kappa shape index (κ2) is 11.3. The number of furan rings is 1. The van der Waals surface area contributed by atoms with E-state index in [2.05, 4.69) is 162 Å². The van der Waals surface area contributed by atoms with E-state index in [1.807, 2.05) is 24.3 Å². The Hall–Kier alpha value is -7.37. The molecule has 0 spiro atoms. The zero-order valence-electron chi connectivity index (χ0n) is 29.5. The molecular formula is C50H30N4O. The maximum atomic E-state index is 6.41. The van der Waals surface area contributed by atoms with Crippen molar-refractivity contribution in [3.05, 3.63) is 205 Å². The van der Waals surface area contributed by atoms with Crippen LogP contribution in [0.3, 0.4) is 0 Å². The largest absolute Gasteiger partial charge is 0.456 e. The van der Waals surface area contributed by atoms with Gasteiger partial charge in [0.25, 0.3) is 0 Å². The van der Waals surface area contributed by atoms with Crippen molar-refractivity contribution < 1.29 is 4.42 Å². The first-order valence-electron chi connectivity index (χ1n) is 18.6. The van der Waals surface area contributed by atoms with E-state index in [0.717, 1.165) is 71.4 Å². The molecule has 0 radical (unpaired) electrons. The van der Waals surface area contributed by atoms with Gasteiger partial charge < -0.3 is 4.42 Å². The zero-order valence-corrected chi connectivity index (χ0v) is 29.5. The monoisotopic (exact) mass is 702 g/mol. The molecule has 0 N–H and O–H groups in total. The predicted molar refractivity (Wildman–Crippen MR) is 222 cm³/mol. The fourth-order valence-corrected chi connectivity index (χ4v) is 9.19. The minimum absolute atomic E-state index is 0.559. The van der Waals surface area contributed by atoms with Crippen molar-refractivity contribution in [2.75, 3.05) is 0 Å². The van der Waals surface area contributed by atoms with E-state index in [9.17, 15) is 0 Å². The molecule has 1 aliphatic carbocycles. The normalized spacial score (nSPS) is 13.2. The number of nitrogens with zero attached hydrogens (tertiary/aromatic N) is 4. The minimum atomic E-state index is -0.866. The lowest BCUT2D eigenvalue weighted by Crippen LogP contribution is -2.32. The summed E-state index contributed by atoms with van der Waals surface area (Å²) in [6.07, 6.45) is 0. The highest BCUT2D eigenvalue weighted by Crippen LogP contribution is 2.56. The Morgan fingerprint density at radius 3 is 1.76 bits per heavy atom. The van der Waals surface area contributed by atoms with Crippen molar-refractivity contribution in [2.24, 2.45) is 0 Å². The van der Waals surface area contributed by atoms with Crippen molar-refractivity contribution in [3.63, 3.8) is 0 Å². The topological polar surface area (TPSA) is 56.7 Å². The van der Waals surface area contributed by atoms with Gasteiger partial charge in [0.05, 0.1) is 11.0 Å². The van der Waals surface area contributed by atoms with Gasteiger partial charge in [-0.3, -0.25) is 4.57 Å². The molecule has 0 aliphatic heterocycles. The third-order valence-corrected chi connectivity index (χ3v) is 11.5. The Morgan fingerprint density at radius 1 is 0.436 bits per heavy atom. The van der Waals surface area contributed by atoms with Gasteiger partial charge in [0, 0.05) is 27.1 Å². The summed E-state index contributed by atoms with van der Waals surface area (Å²) in [5, 5.41) is 6.63. The van der Waals surface area contributed by atoms with Crippen LogP contribution in [0.25, 0.3) is 83.0 Å². The lowest BCUT2D eigenvalue weighted by atomic mass is 9.71. The molecule has 12 rings (SSSR count). The summed E-state index contributed by atoms with van der Waals surface area (Å²) in [5.74, 6) is 1.80. The fraction of sp³-hybridized carbons (Fsp3) is 0.0200. The Balaban J connectivity index is 1.27. The summed E-state index contributed by atoms with van der Waals surface area (Å²) >= 11 is 0. The second-order valence-electron chi connectivity index (χ2n) is 14.3. The molecule has 8 aromatic carbocycles. The number of hydrogen-bond acceptors (Lipinski definition) is 4. The summed E-state index contributed by atoms with van der Waals surface area (Å²) in [7, 11) is 0. The van der Waals surface area contributed by atoms with E-state index in [4.69, 9.17) is 19.4 Å². The summed E-state index contributed by atoms with van der Waals surface area (Å²) < 4.78 is 8.61. The Morgan fingerprint density at radius 2 is 1.02 bits per heavy atom. The molecule has 0 bridgehead atoms. The quantitative estimate of drug-likeness (QED) is 0.183. The van der Waals surface area contributed by atoms with Gasteiger partial charge >= 0.3 is 0 Å². The summed E-state index contributed by atoms with van der Waals surface area (Å²) in [4.78, 5) is 16.7. The average Bonchev–Trinajstić information content (AvgIpc) is 3.90. The highest BCUT2D eigenvalue weighted by molar-refractivity contribution is 6.12. The van der Waals surface area contributed by atoms with Crippen molar-refractivity contribution in [1.82, 2.24) is 19.5 Å². The molecule has 0 fully saturated rings. The van der Waals surface area contributed by atoms with Gasteiger partial charge in [0.15, 0.2) is 11.6 Å². The molecule has 3 heterocycles. The van der Waals surface area contributed by atoms with Crippen LogP contribution in [0.2, 0.25) is 0 Å². The number of para-hydroxylation sites is 3. The molecule has 5 nitrogen and oxygen atoms in total. The van der Waals surface area contributed by atoms with Crippen molar-refractivity contribution in [2.45, 2.75) is 5.41 Å². The Kier molecular flexibility index (Phi) is 6.20. The van der Waals surface area contributed by atoms with Crippen LogP contribution < -0.4 is 0 Å². The van der Waals surface area contributed by atoms with Crippen LogP contribution in [-0.2, 0) is 5.41 Å². The molecule has 5 heteroatoms. The highest BCUT2D eigenvalue weighted by Gasteiger charge is 2.49. The molecule has 0 amide bonds. The van der Waals surface area contributed by atoms with Gasteiger partial charge in [0.1, 0.15) is 16.6 Å². The maximum absolute atomic E-state index is 6.41. The van der Waals surface area contributed by atoms with E-state index >= 15 is 0 Å². The van der Waals surface area contributed by atoms with Gasteiger partial charge in [-0.15, -0.1) is 0 Å². The van der Waals surface area contributed by atoms with Crippen LogP contribution in [-0.4, -0.2) is 19.5 Å². The lowest BCUT2D eigenvalue weighted by Gasteiger charge is -2.32. The van der Waals surface area contributed by atoms with Crippen molar-refractivity contribution in [1.29, 1.82) is 0 Å². The van der Waals surface area contributed by atoms with E-state index in [-0.39, 0.29) is 0 Å². The van der Waals surface area contributed by atoms with Crippen LogP contribution in [0.5, 0.6) is 0 Å². The smallest absolute Gasteiger partial charge is 0.238 e. The maximum Gasteiger partial charge on any atom is 0.238 e. The zero-order chi connectivity index (χ0) is 36.1. The molecule has 11 aromatic rings. The van der Waals surface area contributed by atoms with Crippen molar-refractivity contribution in [3.8, 4) is 28.5 Å². The highest BCUT2D eigenvalue weighted by atomic mass is 16.3. The van der Waals surface area contributed by atoms with E-state index in [1.165, 1.54) is 16.5 Å². The molecule has 256 valence electrons. The van der Waals surface area contributed by atoms with Crippen LogP contribution in [0.15, 0.2) is 186 Å². The summed E-state index contributed by atoms with van der Waals surface area (Å²) in [5.41, 5.74) is 9.44. The minimum Gasteiger partial charge on any atom is -0.456 e. The molecular weight excluding hydrogens is 673 g/mol. The first kappa shape index (κ1) is 30.1. The Bertz CT molecular complexity index is 3260. The number of hydrogen-bond donors (Lipinski definition) is 0. The summed E-state index contributed by atoms with van der Waals surface area (Å²) in [6, 6.07) is 64.2. The van der Waals surface area contributed by atoms with Crippen LogP contribution in [0.4, 0.5) is 0 Å². The van der Waals surface area contributed by atoms with Gasteiger partial charge in [-0.25, -0.2) is 4.98 Å². The predicted octanol–water partition coefficient (Wildman–Crippen LogP) is 12.1. The number of fused-ring (bicyclic) bond motifs is 10. The standard InChI is InChI=1S/C50H30N4O/c1-2-15-32-30-33(29-28-31(32)14-1)50(40-22-8-3-16-34(40)35-17-4-9-23-41(35)50)48-51-47(39-21-13-27-45-46(39)38-20-7-12-26-44(38)55-45)52-49(53-48)54-42-24-10-5-18-36(42)37-19-6-11-25-43(37)54/h1-30H. The number of benzene rings is 8. The third kappa shape index (κ3) is 4.15. The van der Waals surface area contributed by atoms with E-state index < -0.39 is 5.41 Å². The second-order valence-corrected chi connectivity index (χ2v) is 14.3. The first-order valence-corrected chi connectivity index (χ1v) is 18.6. The molecule has 0 atom stereocenters. The molecule has 0 saturated carbocycles. The molecule has 1 aliphatic rings. The van der Waals surface area contributed by atoms with Crippen molar-refractivity contribution >= 4 is 54.5 Å². The van der Waals surface area contributed by atoms with E-state index in [0.29, 0.717) is 17.6 Å². The SMILES string of the molecule is c1ccc2c(c1)-c1ccccc1C2(c1ccc2ccccc2c1)c1nc(-c2cccc3oc4ccccc4c23)nc(-n2c3ccccc3c3ccccc32)n1. The number of rotatable bonds is 4. The number of aromatic nitrogens is 4. The molecule has 0 unspecified atom stereocenters. The first-order chi connectivity index (χ1) is 27.3. The Labute approximate surface area is 315 Å². The molecule has 55 heavy (non-hydrogen) atoms. The van der Waals surface area contributed by atoms with Crippen LogP contribution in [0.1, 0.15) is 22.5 Å². The van der Waals surface area contributed by atoms with Gasteiger partial charge in [0.2, 0.25) is 5.95 Å². The van der Waals surface area contributed by atoms with Gasteiger partial charge in [-0.1, -0.05) is 152 Å². The lowest BCUT2D eigenvalue weighted by molar-refractivity contribution is 0.669. The molecule has 0 saturated heterocycles. The summed E-state index contributed by atoms with van der Waals surface area (Å²) in [6.45, 7) is 0. The van der Waals surface area contributed by atoms with Gasteiger partial charge in [-0.2, -0.15) is 9.97 Å². The average molecular weight is 703 g/mol. The van der Waals surface area contributed by atoms with Crippen LogP contribution in [0, 0.1) is 0 Å². The third-order valence-electron chi connectivity index (χ3n) is 11.5. The van der Waals surface area contributed by atoms with Gasteiger partial charge in [-0.05, 0) is 68.9 Å². The molecule has 3 aromatic heterocycles. The van der Waals surface area contributed by atoms with E-state index in [1.54, 1.807) is 0 Å². The van der Waals surface area contributed by atoms with Crippen LogP contribution >= 0.6 is 0 Å².